The third-order valence-electron chi connectivity index (χ3n) is 2.16. The first kappa shape index (κ1) is 11.8. The maximum atomic E-state index is 9.61. The van der Waals surface area contributed by atoms with Crippen molar-refractivity contribution in [3.8, 4) is 0 Å². The number of nitrogens with two attached hydrogens (primary N) is 1. The Balaban J connectivity index is 2.84. The molecule has 0 saturated heterocycles. The van der Waals surface area contributed by atoms with Gasteiger partial charge in [0.15, 0.2) is 0 Å². The average Bonchev–Trinajstić information content (AvgIpc) is 2.39. The van der Waals surface area contributed by atoms with Crippen molar-refractivity contribution in [3.63, 3.8) is 0 Å². The second kappa shape index (κ2) is 4.10. The van der Waals surface area contributed by atoms with Gasteiger partial charge in [-0.2, -0.15) is 5.10 Å². The lowest BCUT2D eigenvalue weighted by molar-refractivity contribution is 0.0943. The first-order chi connectivity index (χ1) is 6.85. The van der Waals surface area contributed by atoms with Crippen LogP contribution in [-0.4, -0.2) is 27.0 Å². The molecule has 0 bridgehead atoms. The van der Waals surface area contributed by atoms with Gasteiger partial charge in [0.1, 0.15) is 5.82 Å². The monoisotopic (exact) mass is 212 g/mol. The van der Waals surface area contributed by atoms with Gasteiger partial charge in [0, 0.05) is 13.1 Å². The SMILES string of the molecule is CCn1nc(C)c(N)c1NCC(C)(C)O. The maximum absolute atomic E-state index is 9.61. The summed E-state index contributed by atoms with van der Waals surface area (Å²) >= 11 is 0. The molecule has 1 rings (SSSR count). The summed E-state index contributed by atoms with van der Waals surface area (Å²) in [5, 5.41) is 17.0. The van der Waals surface area contributed by atoms with Crippen molar-refractivity contribution >= 4 is 11.5 Å². The highest BCUT2D eigenvalue weighted by Gasteiger charge is 2.16. The zero-order valence-electron chi connectivity index (χ0n) is 9.83. The zero-order chi connectivity index (χ0) is 11.6. The van der Waals surface area contributed by atoms with E-state index in [1.54, 1.807) is 18.5 Å². The van der Waals surface area contributed by atoms with Crippen LogP contribution in [0.1, 0.15) is 26.5 Å². The van der Waals surface area contributed by atoms with Gasteiger partial charge in [-0.25, -0.2) is 4.68 Å². The summed E-state index contributed by atoms with van der Waals surface area (Å²) in [7, 11) is 0. The third kappa shape index (κ3) is 2.86. The lowest BCUT2D eigenvalue weighted by atomic mass is 10.1. The van der Waals surface area contributed by atoms with Crippen molar-refractivity contribution in [2.75, 3.05) is 17.6 Å². The fraction of sp³-hybridized carbons (Fsp3) is 0.700. The molecule has 5 nitrogen and oxygen atoms in total. The zero-order valence-corrected chi connectivity index (χ0v) is 9.83. The number of nitrogens with one attached hydrogen (secondary N) is 1. The Hall–Kier alpha value is -1.23. The van der Waals surface area contributed by atoms with Crippen molar-refractivity contribution in [2.45, 2.75) is 39.8 Å². The number of aromatic nitrogens is 2. The van der Waals surface area contributed by atoms with Crippen molar-refractivity contribution in [1.29, 1.82) is 0 Å². The number of nitrogen functional groups attached to an aromatic ring is 1. The summed E-state index contributed by atoms with van der Waals surface area (Å²) in [6.45, 7) is 8.57. The molecule has 1 aromatic rings. The number of hydrogen-bond acceptors (Lipinski definition) is 4. The number of anilines is 2. The van der Waals surface area contributed by atoms with Gasteiger partial charge in [-0.3, -0.25) is 0 Å². The Morgan fingerprint density at radius 3 is 2.60 bits per heavy atom. The normalized spacial score (nSPS) is 11.8. The maximum Gasteiger partial charge on any atom is 0.148 e. The molecule has 0 unspecified atom stereocenters. The van der Waals surface area contributed by atoms with Crippen LogP contribution in [0.25, 0.3) is 0 Å². The lowest BCUT2D eigenvalue weighted by Crippen LogP contribution is -2.30. The molecule has 0 spiro atoms. The summed E-state index contributed by atoms with van der Waals surface area (Å²) in [4.78, 5) is 0. The van der Waals surface area contributed by atoms with Gasteiger partial charge in [0.05, 0.1) is 17.0 Å². The van der Waals surface area contributed by atoms with Crippen molar-refractivity contribution < 1.29 is 5.11 Å². The van der Waals surface area contributed by atoms with Crippen LogP contribution in [0, 0.1) is 6.92 Å². The van der Waals surface area contributed by atoms with E-state index in [-0.39, 0.29) is 0 Å². The molecule has 15 heavy (non-hydrogen) atoms. The molecule has 1 heterocycles. The highest BCUT2D eigenvalue weighted by atomic mass is 16.3. The van der Waals surface area contributed by atoms with Gasteiger partial charge in [-0.05, 0) is 27.7 Å². The Kier molecular flexibility index (Phi) is 3.24. The molecule has 4 N–H and O–H groups in total. The molecule has 1 aromatic heterocycles. The van der Waals surface area contributed by atoms with Crippen LogP contribution in [0.15, 0.2) is 0 Å². The minimum Gasteiger partial charge on any atom is -0.394 e. The number of aliphatic hydroxyl groups is 1. The van der Waals surface area contributed by atoms with Gasteiger partial charge >= 0.3 is 0 Å². The van der Waals surface area contributed by atoms with Crippen LogP contribution in [0.4, 0.5) is 11.5 Å². The van der Waals surface area contributed by atoms with E-state index >= 15 is 0 Å². The van der Waals surface area contributed by atoms with Gasteiger partial charge in [0.2, 0.25) is 0 Å². The van der Waals surface area contributed by atoms with E-state index < -0.39 is 5.60 Å². The van der Waals surface area contributed by atoms with Crippen molar-refractivity contribution in [2.24, 2.45) is 0 Å². The topological polar surface area (TPSA) is 76.1 Å². The van der Waals surface area contributed by atoms with Crippen LogP contribution in [0.2, 0.25) is 0 Å². The molecule has 86 valence electrons. The minimum atomic E-state index is -0.761. The first-order valence-corrected chi connectivity index (χ1v) is 5.14. The predicted octanol–water partition coefficient (Wildman–Crippen LogP) is 0.976. The molecule has 0 aromatic carbocycles. The minimum absolute atomic E-state index is 0.447. The van der Waals surface area contributed by atoms with E-state index in [2.05, 4.69) is 10.4 Å². The fourth-order valence-corrected chi connectivity index (χ4v) is 1.31. The van der Waals surface area contributed by atoms with Crippen LogP contribution < -0.4 is 11.1 Å². The summed E-state index contributed by atoms with van der Waals surface area (Å²) in [6.07, 6.45) is 0. The second-order valence-electron chi connectivity index (χ2n) is 4.33. The molecule has 0 aliphatic rings. The standard InChI is InChI=1S/C10H20N4O/c1-5-14-9(8(11)7(2)13-14)12-6-10(3,4)15/h12,15H,5-6,11H2,1-4H3. The van der Waals surface area contributed by atoms with E-state index in [1.807, 2.05) is 13.8 Å². The van der Waals surface area contributed by atoms with Crippen molar-refractivity contribution in [1.82, 2.24) is 9.78 Å². The summed E-state index contributed by atoms with van der Waals surface area (Å²) in [6, 6.07) is 0. The molecule has 0 aliphatic carbocycles. The fourth-order valence-electron chi connectivity index (χ4n) is 1.31. The van der Waals surface area contributed by atoms with Gasteiger partial charge in [-0.15, -0.1) is 0 Å². The Morgan fingerprint density at radius 1 is 1.53 bits per heavy atom. The van der Waals surface area contributed by atoms with E-state index in [9.17, 15) is 5.11 Å². The van der Waals surface area contributed by atoms with Gasteiger partial charge in [0.25, 0.3) is 0 Å². The first-order valence-electron chi connectivity index (χ1n) is 5.14. The van der Waals surface area contributed by atoms with E-state index in [0.29, 0.717) is 12.2 Å². The highest BCUT2D eigenvalue weighted by molar-refractivity contribution is 5.64. The van der Waals surface area contributed by atoms with Crippen LogP contribution >= 0.6 is 0 Å². The molecule has 0 radical (unpaired) electrons. The number of rotatable bonds is 4. The predicted molar refractivity (Wildman–Crippen MR) is 61.8 cm³/mol. The molecule has 0 saturated carbocycles. The van der Waals surface area contributed by atoms with E-state index in [0.717, 1.165) is 18.1 Å². The largest absolute Gasteiger partial charge is 0.394 e. The highest BCUT2D eigenvalue weighted by Crippen LogP contribution is 2.22. The summed E-state index contributed by atoms with van der Waals surface area (Å²) in [5.74, 6) is 0.789. The van der Waals surface area contributed by atoms with Crippen LogP contribution in [0.3, 0.4) is 0 Å². The third-order valence-corrected chi connectivity index (χ3v) is 2.16. The Bertz CT molecular complexity index is 338. The van der Waals surface area contributed by atoms with E-state index in [4.69, 9.17) is 5.73 Å². The molecular formula is C10H20N4O. The molecule has 5 heteroatoms. The van der Waals surface area contributed by atoms with E-state index in [1.165, 1.54) is 0 Å². The Morgan fingerprint density at radius 2 is 2.13 bits per heavy atom. The van der Waals surface area contributed by atoms with Crippen LogP contribution in [-0.2, 0) is 6.54 Å². The lowest BCUT2D eigenvalue weighted by Gasteiger charge is -2.19. The molecule has 0 aliphatic heterocycles. The number of hydrogen-bond donors (Lipinski definition) is 3. The molecule has 0 fully saturated rings. The Labute approximate surface area is 90.3 Å². The quantitative estimate of drug-likeness (QED) is 0.695. The van der Waals surface area contributed by atoms with Gasteiger partial charge < -0.3 is 16.2 Å². The van der Waals surface area contributed by atoms with Crippen LogP contribution in [0.5, 0.6) is 0 Å². The smallest absolute Gasteiger partial charge is 0.148 e. The summed E-state index contributed by atoms with van der Waals surface area (Å²) < 4.78 is 1.80. The van der Waals surface area contributed by atoms with Crippen molar-refractivity contribution in [3.05, 3.63) is 5.69 Å². The number of nitrogens with zero attached hydrogens (tertiary/aromatic N) is 2. The molecule has 0 amide bonds. The average molecular weight is 212 g/mol. The molecular weight excluding hydrogens is 192 g/mol. The summed E-state index contributed by atoms with van der Waals surface area (Å²) in [5.41, 5.74) is 6.59. The second-order valence-corrected chi connectivity index (χ2v) is 4.33. The molecule has 0 atom stereocenters. The van der Waals surface area contributed by atoms with Gasteiger partial charge in [-0.1, -0.05) is 0 Å². The number of aryl methyl sites for hydroxylation is 2.